The predicted molar refractivity (Wildman–Crippen MR) is 117 cm³/mol. The highest BCUT2D eigenvalue weighted by Gasteiger charge is 2.28. The number of carbonyl (C=O) groups excluding carboxylic acids is 3. The van der Waals surface area contributed by atoms with Crippen LogP contribution in [0, 0.1) is 0 Å². The van der Waals surface area contributed by atoms with E-state index in [1.165, 1.54) is 18.7 Å². The Morgan fingerprint density at radius 1 is 0.929 bits per heavy atom. The lowest BCUT2D eigenvalue weighted by atomic mass is 10.1. The Balaban J connectivity index is 4.97. The van der Waals surface area contributed by atoms with Gasteiger partial charge in [0.2, 0.25) is 17.7 Å². The first-order valence-corrected chi connectivity index (χ1v) is 12.1. The topological polar surface area (TPSA) is 151 Å². The summed E-state index contributed by atoms with van der Waals surface area (Å²) < 4.78 is 0. The Hall–Kier alpha value is -1.11. The van der Waals surface area contributed by atoms with Gasteiger partial charge in [0.15, 0.2) is 0 Å². The maximum atomic E-state index is 12.5. The number of thiol groups is 1. The molecule has 0 aliphatic rings. The Bertz CT molecular complexity index is 538. The summed E-state index contributed by atoms with van der Waals surface area (Å²) in [6.45, 7) is 1.33. The molecular weight excluding hydrogens is 424 g/mol. The molecule has 0 heterocycles. The number of hydrogen-bond donors (Lipinski definition) is 6. The van der Waals surface area contributed by atoms with Crippen molar-refractivity contribution in [1.29, 1.82) is 0 Å². The fourth-order valence-electron chi connectivity index (χ4n) is 2.00. The van der Waals surface area contributed by atoms with E-state index in [-0.39, 0.29) is 5.75 Å². The average Bonchev–Trinajstić information content (AvgIpc) is 2.66. The van der Waals surface area contributed by atoms with Crippen molar-refractivity contribution in [3.05, 3.63) is 0 Å². The van der Waals surface area contributed by atoms with Gasteiger partial charge in [-0.25, -0.2) is 0 Å². The van der Waals surface area contributed by atoms with Crippen molar-refractivity contribution in [2.75, 3.05) is 29.8 Å². The summed E-state index contributed by atoms with van der Waals surface area (Å²) in [5.74, 6) is -1.50. The maximum absolute atomic E-state index is 12.5. The van der Waals surface area contributed by atoms with Gasteiger partial charge in [-0.3, -0.25) is 19.2 Å². The number of nitrogens with two attached hydrogens (primary N) is 1. The molecule has 0 fully saturated rings. The van der Waals surface area contributed by atoms with Crippen LogP contribution in [-0.2, 0) is 19.2 Å². The average molecular weight is 455 g/mol. The van der Waals surface area contributed by atoms with Crippen LogP contribution in [0.2, 0.25) is 0 Å². The second-order valence-corrected chi connectivity index (χ2v) is 8.38. The molecular formula is C16H30N4O5S3. The SMILES string of the molecule is CSCCC(N)C(=O)NC(CS)C(=O)NC(CCSC)C(=O)NC(C)C(=O)O. The fourth-order valence-corrected chi connectivity index (χ4v) is 3.22. The second kappa shape index (κ2) is 14.8. The molecule has 0 spiro atoms. The third-order valence-electron chi connectivity index (χ3n) is 3.76. The van der Waals surface area contributed by atoms with Gasteiger partial charge in [0.05, 0.1) is 6.04 Å². The van der Waals surface area contributed by atoms with Gasteiger partial charge in [-0.15, -0.1) is 0 Å². The summed E-state index contributed by atoms with van der Waals surface area (Å²) in [7, 11) is 0. The van der Waals surface area contributed by atoms with Crippen LogP contribution >= 0.6 is 36.2 Å². The van der Waals surface area contributed by atoms with Gasteiger partial charge in [-0.1, -0.05) is 0 Å². The Morgan fingerprint density at radius 3 is 1.93 bits per heavy atom. The summed E-state index contributed by atoms with van der Waals surface area (Å²) in [5.41, 5.74) is 5.80. The lowest BCUT2D eigenvalue weighted by molar-refractivity contribution is -0.141. The lowest BCUT2D eigenvalue weighted by Gasteiger charge is -2.23. The number of thioether (sulfide) groups is 2. The van der Waals surface area contributed by atoms with E-state index in [9.17, 15) is 19.2 Å². The van der Waals surface area contributed by atoms with Gasteiger partial charge in [-0.2, -0.15) is 36.2 Å². The van der Waals surface area contributed by atoms with Crippen molar-refractivity contribution in [1.82, 2.24) is 16.0 Å². The highest BCUT2D eigenvalue weighted by atomic mass is 32.2. The molecule has 4 unspecified atom stereocenters. The first-order chi connectivity index (χ1) is 13.2. The van der Waals surface area contributed by atoms with Crippen molar-refractivity contribution in [2.24, 2.45) is 5.73 Å². The molecule has 3 amide bonds. The van der Waals surface area contributed by atoms with Crippen LogP contribution in [0.5, 0.6) is 0 Å². The smallest absolute Gasteiger partial charge is 0.325 e. The second-order valence-electron chi connectivity index (χ2n) is 6.04. The Labute approximate surface area is 179 Å². The van der Waals surface area contributed by atoms with Crippen LogP contribution < -0.4 is 21.7 Å². The highest BCUT2D eigenvalue weighted by molar-refractivity contribution is 7.98. The van der Waals surface area contributed by atoms with Gasteiger partial charge in [-0.05, 0) is 43.8 Å². The van der Waals surface area contributed by atoms with E-state index in [1.54, 1.807) is 11.8 Å². The van der Waals surface area contributed by atoms with E-state index in [4.69, 9.17) is 10.8 Å². The minimum Gasteiger partial charge on any atom is -0.480 e. The molecule has 0 aromatic carbocycles. The molecule has 9 nitrogen and oxygen atoms in total. The summed E-state index contributed by atoms with van der Waals surface area (Å²) in [4.78, 5) is 47.9. The zero-order chi connectivity index (χ0) is 21.7. The summed E-state index contributed by atoms with van der Waals surface area (Å²) in [6.07, 6.45) is 4.54. The van der Waals surface area contributed by atoms with Crippen LogP contribution in [0.1, 0.15) is 19.8 Å². The third-order valence-corrected chi connectivity index (χ3v) is 5.41. The van der Waals surface area contributed by atoms with Gasteiger partial charge in [0.1, 0.15) is 18.1 Å². The summed E-state index contributed by atoms with van der Waals surface area (Å²) in [5, 5.41) is 16.4. The van der Waals surface area contributed by atoms with Crippen molar-refractivity contribution in [3.8, 4) is 0 Å². The number of carboxylic acid groups (broad SMARTS) is 1. The van der Waals surface area contributed by atoms with Crippen molar-refractivity contribution >= 4 is 59.8 Å². The van der Waals surface area contributed by atoms with E-state index in [2.05, 4.69) is 28.6 Å². The van der Waals surface area contributed by atoms with Crippen LogP contribution in [-0.4, -0.2) is 82.7 Å². The molecule has 6 N–H and O–H groups in total. The zero-order valence-electron chi connectivity index (χ0n) is 16.3. The lowest BCUT2D eigenvalue weighted by Crippen LogP contribution is -2.57. The standard InChI is InChI=1S/C16H30N4O5S3/c1-9(16(24)25)18-14(22)11(5-7-28-3)19-15(23)12(8-26)20-13(21)10(17)4-6-27-2/h9-12,26H,4-8,17H2,1-3H3,(H,18,22)(H,19,23)(H,20,21)(H,24,25). The quantitative estimate of drug-likeness (QED) is 0.189. The van der Waals surface area contributed by atoms with Crippen LogP contribution in [0.3, 0.4) is 0 Å². The number of nitrogens with one attached hydrogen (secondary N) is 3. The third kappa shape index (κ3) is 10.4. The van der Waals surface area contributed by atoms with E-state index in [0.717, 1.165) is 0 Å². The minimum atomic E-state index is -1.18. The molecule has 162 valence electrons. The number of hydrogen-bond acceptors (Lipinski definition) is 8. The van der Waals surface area contributed by atoms with Crippen LogP contribution in [0.25, 0.3) is 0 Å². The molecule has 0 aromatic rings. The van der Waals surface area contributed by atoms with Gasteiger partial charge < -0.3 is 26.8 Å². The fraction of sp³-hybridized carbons (Fsp3) is 0.750. The summed E-state index contributed by atoms with van der Waals surface area (Å²) in [6, 6.07) is -3.71. The van der Waals surface area contributed by atoms with Crippen LogP contribution in [0.15, 0.2) is 0 Å². The normalized spacial score (nSPS) is 15.0. The number of rotatable bonds is 14. The molecule has 0 aromatic heterocycles. The molecule has 0 rings (SSSR count). The number of amides is 3. The van der Waals surface area contributed by atoms with Gasteiger partial charge in [0, 0.05) is 5.75 Å². The zero-order valence-corrected chi connectivity index (χ0v) is 18.8. The number of carboxylic acids is 1. The molecule has 0 saturated heterocycles. The van der Waals surface area contributed by atoms with Gasteiger partial charge in [0.25, 0.3) is 0 Å². The maximum Gasteiger partial charge on any atom is 0.325 e. The summed E-state index contributed by atoms with van der Waals surface area (Å²) >= 11 is 7.14. The Morgan fingerprint density at radius 2 is 1.43 bits per heavy atom. The molecule has 0 aliphatic heterocycles. The number of aliphatic carboxylic acids is 1. The van der Waals surface area contributed by atoms with E-state index >= 15 is 0 Å². The Kier molecular flexibility index (Phi) is 14.2. The monoisotopic (exact) mass is 454 g/mol. The molecule has 0 radical (unpaired) electrons. The molecule has 0 saturated carbocycles. The number of carbonyl (C=O) groups is 4. The van der Waals surface area contributed by atoms with E-state index in [1.807, 2.05) is 12.5 Å². The largest absolute Gasteiger partial charge is 0.480 e. The molecule has 4 atom stereocenters. The van der Waals surface area contributed by atoms with Crippen molar-refractivity contribution in [3.63, 3.8) is 0 Å². The van der Waals surface area contributed by atoms with E-state index < -0.39 is 47.9 Å². The van der Waals surface area contributed by atoms with Crippen molar-refractivity contribution in [2.45, 2.75) is 43.9 Å². The molecule has 0 aliphatic carbocycles. The first-order valence-electron chi connectivity index (χ1n) is 8.66. The predicted octanol–water partition coefficient (Wildman–Crippen LogP) is -0.691. The minimum absolute atomic E-state index is 0.0230. The van der Waals surface area contributed by atoms with Crippen molar-refractivity contribution < 1.29 is 24.3 Å². The van der Waals surface area contributed by atoms with E-state index in [0.29, 0.717) is 24.3 Å². The molecule has 12 heteroatoms. The molecule has 0 bridgehead atoms. The van der Waals surface area contributed by atoms with Gasteiger partial charge >= 0.3 is 5.97 Å². The van der Waals surface area contributed by atoms with Crippen LogP contribution in [0.4, 0.5) is 0 Å². The highest BCUT2D eigenvalue weighted by Crippen LogP contribution is 2.04. The molecule has 28 heavy (non-hydrogen) atoms. The first kappa shape index (κ1) is 26.9.